The second-order valence-corrected chi connectivity index (χ2v) is 9.61. The number of nitrogens with one attached hydrogen (secondary N) is 1. The average Bonchev–Trinajstić information content (AvgIpc) is 3.55. The number of carbonyl (C=O) groups is 3. The van der Waals surface area contributed by atoms with Crippen molar-refractivity contribution in [3.63, 3.8) is 0 Å². The number of carboxylic acid groups (broad SMARTS) is 1. The lowest BCUT2D eigenvalue weighted by Gasteiger charge is -2.31. The fourth-order valence-corrected chi connectivity index (χ4v) is 6.04. The van der Waals surface area contributed by atoms with E-state index in [9.17, 15) is 19.5 Å². The van der Waals surface area contributed by atoms with Gasteiger partial charge in [0.1, 0.15) is 12.6 Å². The van der Waals surface area contributed by atoms with Crippen LogP contribution in [-0.2, 0) is 19.1 Å². The fraction of sp³-hybridized carbons (Fsp3) is 0.444. The fourth-order valence-electron chi connectivity index (χ4n) is 6.04. The number of nitrogens with zero attached hydrogens (tertiary/aromatic N) is 1. The molecule has 2 aromatic carbocycles. The number of carboxylic acids is 1. The molecule has 2 heterocycles. The zero-order chi connectivity index (χ0) is 24.7. The number of ether oxygens (including phenoxy) is 2. The van der Waals surface area contributed by atoms with Gasteiger partial charge in [-0.1, -0.05) is 48.5 Å². The lowest BCUT2D eigenvalue weighted by atomic mass is 9.89. The van der Waals surface area contributed by atoms with E-state index in [1.807, 2.05) is 36.4 Å². The van der Waals surface area contributed by atoms with E-state index in [4.69, 9.17) is 9.47 Å². The Bertz CT molecular complexity index is 1100. The third kappa shape index (κ3) is 4.05. The van der Waals surface area contributed by atoms with Crippen molar-refractivity contribution in [3.8, 4) is 11.1 Å². The number of rotatable bonds is 7. The van der Waals surface area contributed by atoms with Gasteiger partial charge in [0.2, 0.25) is 5.91 Å². The van der Waals surface area contributed by atoms with Gasteiger partial charge in [0.05, 0.1) is 12.0 Å². The van der Waals surface area contributed by atoms with Gasteiger partial charge in [-0.05, 0) is 48.4 Å². The highest BCUT2D eigenvalue weighted by Crippen LogP contribution is 2.45. The summed E-state index contributed by atoms with van der Waals surface area (Å²) in [5.41, 5.74) is 4.48. The number of benzene rings is 2. The maximum atomic E-state index is 13.5. The molecule has 2 N–H and O–H groups in total. The Labute approximate surface area is 204 Å². The van der Waals surface area contributed by atoms with Crippen LogP contribution in [0.25, 0.3) is 11.1 Å². The molecule has 0 aromatic heterocycles. The molecule has 0 radical (unpaired) electrons. The molecule has 0 saturated carbocycles. The van der Waals surface area contributed by atoms with Gasteiger partial charge in [0, 0.05) is 25.1 Å². The molecule has 0 unspecified atom stereocenters. The van der Waals surface area contributed by atoms with Crippen molar-refractivity contribution in [2.24, 2.45) is 5.92 Å². The molecule has 8 nitrogen and oxygen atoms in total. The van der Waals surface area contributed by atoms with Crippen molar-refractivity contribution in [2.45, 2.75) is 56.3 Å². The summed E-state index contributed by atoms with van der Waals surface area (Å²) in [7, 11) is 1.48. The zero-order valence-corrected chi connectivity index (χ0v) is 19.8. The number of amides is 2. The summed E-state index contributed by atoms with van der Waals surface area (Å²) in [5.74, 6) is -1.85. The van der Waals surface area contributed by atoms with Gasteiger partial charge >= 0.3 is 12.1 Å². The van der Waals surface area contributed by atoms with Gasteiger partial charge in [0.15, 0.2) is 0 Å². The molecule has 2 aromatic rings. The minimum atomic E-state index is -0.966. The summed E-state index contributed by atoms with van der Waals surface area (Å²) in [6.45, 7) is 1.84. The lowest BCUT2D eigenvalue weighted by molar-refractivity contribution is -0.143. The van der Waals surface area contributed by atoms with Crippen LogP contribution in [0.3, 0.4) is 0 Å². The third-order valence-electron chi connectivity index (χ3n) is 7.83. The minimum Gasteiger partial charge on any atom is -0.481 e. The van der Waals surface area contributed by atoms with Crippen molar-refractivity contribution >= 4 is 18.0 Å². The van der Waals surface area contributed by atoms with E-state index < -0.39 is 30.1 Å². The van der Waals surface area contributed by atoms with Crippen LogP contribution in [-0.4, -0.2) is 65.9 Å². The molecule has 0 spiro atoms. The van der Waals surface area contributed by atoms with E-state index in [-0.39, 0.29) is 30.5 Å². The molecule has 8 heteroatoms. The predicted molar refractivity (Wildman–Crippen MR) is 128 cm³/mol. The Kier molecular flexibility index (Phi) is 6.23. The van der Waals surface area contributed by atoms with Crippen molar-refractivity contribution in [2.75, 3.05) is 13.7 Å². The lowest BCUT2D eigenvalue weighted by Crippen LogP contribution is -2.55. The maximum absolute atomic E-state index is 13.5. The number of aliphatic carboxylic acids is 1. The van der Waals surface area contributed by atoms with Crippen LogP contribution < -0.4 is 5.32 Å². The van der Waals surface area contributed by atoms with Crippen molar-refractivity contribution in [1.82, 2.24) is 10.2 Å². The van der Waals surface area contributed by atoms with Crippen molar-refractivity contribution in [3.05, 3.63) is 59.7 Å². The molecular formula is C27H30N2O6. The standard InChI is InChI=1S/C27H30N2O6/c1-15(34-2)24(25(30)29-16-11-12-23(29)21(13-16)26(31)32)28-27(33)35-14-22-19-9-5-3-7-17(19)18-8-4-6-10-20(18)22/h3-10,15-16,21-24H,11-14H2,1-2H3,(H,28,33)(H,31,32)/t15-,16-,21+,23+,24+/m1/s1. The monoisotopic (exact) mass is 478 g/mol. The van der Waals surface area contributed by atoms with E-state index in [0.29, 0.717) is 12.8 Å². The molecule has 1 aliphatic carbocycles. The molecule has 2 fully saturated rings. The molecule has 184 valence electrons. The van der Waals surface area contributed by atoms with E-state index in [2.05, 4.69) is 17.4 Å². The Balaban J connectivity index is 1.28. The summed E-state index contributed by atoms with van der Waals surface area (Å²) in [5, 5.41) is 12.2. The number of hydrogen-bond acceptors (Lipinski definition) is 5. The van der Waals surface area contributed by atoms with Gasteiger partial charge in [-0.2, -0.15) is 0 Å². The van der Waals surface area contributed by atoms with Crippen LogP contribution in [0.4, 0.5) is 4.79 Å². The van der Waals surface area contributed by atoms with Gasteiger partial charge < -0.3 is 24.8 Å². The molecule has 2 saturated heterocycles. The first-order chi connectivity index (χ1) is 16.9. The van der Waals surface area contributed by atoms with Crippen LogP contribution >= 0.6 is 0 Å². The minimum absolute atomic E-state index is 0.0899. The highest BCUT2D eigenvalue weighted by Gasteiger charge is 2.53. The molecule has 35 heavy (non-hydrogen) atoms. The molecular weight excluding hydrogens is 448 g/mol. The number of hydrogen-bond donors (Lipinski definition) is 2. The van der Waals surface area contributed by atoms with E-state index in [1.165, 1.54) is 7.11 Å². The number of fused-ring (bicyclic) bond motifs is 5. The first kappa shape index (κ1) is 23.4. The Morgan fingerprint density at radius 1 is 1.06 bits per heavy atom. The van der Waals surface area contributed by atoms with Gasteiger partial charge in [-0.15, -0.1) is 0 Å². The largest absolute Gasteiger partial charge is 0.481 e. The SMILES string of the molecule is CO[C@H](C)[C@H](NC(=O)OCC1c2ccccc2-c2ccccc21)C(=O)N1[C@@H]2CC[C@H]1[C@@H](C(=O)O)C2. The van der Waals surface area contributed by atoms with Crippen LogP contribution in [0, 0.1) is 5.92 Å². The quantitative estimate of drug-likeness (QED) is 0.632. The summed E-state index contributed by atoms with van der Waals surface area (Å²) in [4.78, 5) is 39.6. The Hall–Kier alpha value is -3.39. The third-order valence-corrected chi connectivity index (χ3v) is 7.83. The van der Waals surface area contributed by atoms with Crippen LogP contribution in [0.1, 0.15) is 43.2 Å². The van der Waals surface area contributed by atoms with Crippen LogP contribution in [0.15, 0.2) is 48.5 Å². The molecule has 2 aliphatic heterocycles. The number of methoxy groups -OCH3 is 1. The molecule has 2 bridgehead atoms. The average molecular weight is 479 g/mol. The van der Waals surface area contributed by atoms with E-state index >= 15 is 0 Å². The molecule has 5 rings (SSSR count). The second kappa shape index (κ2) is 9.34. The summed E-state index contributed by atoms with van der Waals surface area (Å²) in [6, 6.07) is 14.7. The van der Waals surface area contributed by atoms with E-state index in [1.54, 1.807) is 11.8 Å². The summed E-state index contributed by atoms with van der Waals surface area (Å²) in [6.07, 6.45) is 0.581. The maximum Gasteiger partial charge on any atom is 0.407 e. The Morgan fingerprint density at radius 2 is 1.69 bits per heavy atom. The van der Waals surface area contributed by atoms with Gasteiger partial charge in [-0.3, -0.25) is 9.59 Å². The van der Waals surface area contributed by atoms with Gasteiger partial charge in [-0.25, -0.2) is 4.79 Å². The van der Waals surface area contributed by atoms with Crippen molar-refractivity contribution < 1.29 is 29.0 Å². The molecule has 2 amide bonds. The number of alkyl carbamates (subject to hydrolysis) is 1. The second-order valence-electron chi connectivity index (χ2n) is 9.61. The van der Waals surface area contributed by atoms with Crippen molar-refractivity contribution in [1.29, 1.82) is 0 Å². The van der Waals surface area contributed by atoms with Crippen LogP contribution in [0.5, 0.6) is 0 Å². The summed E-state index contributed by atoms with van der Waals surface area (Å²) >= 11 is 0. The van der Waals surface area contributed by atoms with E-state index in [0.717, 1.165) is 28.7 Å². The highest BCUT2D eigenvalue weighted by molar-refractivity contribution is 5.88. The first-order valence-electron chi connectivity index (χ1n) is 12.1. The smallest absolute Gasteiger partial charge is 0.407 e. The summed E-state index contributed by atoms with van der Waals surface area (Å²) < 4.78 is 11.0. The topological polar surface area (TPSA) is 105 Å². The molecule has 5 atom stereocenters. The van der Waals surface area contributed by atoms with Gasteiger partial charge in [0.25, 0.3) is 0 Å². The normalized spacial score (nSPS) is 23.9. The number of carbonyl (C=O) groups excluding carboxylic acids is 2. The first-order valence-corrected chi connectivity index (χ1v) is 12.1. The predicted octanol–water partition coefficient (Wildman–Crippen LogP) is 3.39. The Morgan fingerprint density at radius 3 is 2.26 bits per heavy atom. The van der Waals surface area contributed by atoms with Crippen LogP contribution in [0.2, 0.25) is 0 Å². The molecule has 3 aliphatic rings. The highest BCUT2D eigenvalue weighted by atomic mass is 16.5. The zero-order valence-electron chi connectivity index (χ0n) is 19.8.